The van der Waals surface area contributed by atoms with Gasteiger partial charge in [0.25, 0.3) is 0 Å². The lowest BCUT2D eigenvalue weighted by atomic mass is 9.88. The molecule has 4 N–H and O–H groups in total. The number of nitrogens with zero attached hydrogens (tertiary/aromatic N) is 9. The molecule has 15 rings (SSSR count). The molecular formula is C63H60Cl8N10O12. The zero-order valence-electron chi connectivity index (χ0n) is 50.8. The number of hydrogen-bond donors (Lipinski definition) is 3. The Bertz CT molecular complexity index is 4240. The lowest BCUT2D eigenvalue weighted by Crippen LogP contribution is -2.47. The third kappa shape index (κ3) is 11.6. The lowest BCUT2D eigenvalue weighted by molar-refractivity contribution is -0.223. The fourth-order valence-corrected chi connectivity index (χ4v) is 14.9. The average Bonchev–Trinajstić information content (AvgIpc) is 1.57. The number of carbonyl (C=O) groups excluding carboxylic acids is 1. The van der Waals surface area contributed by atoms with Crippen LogP contribution in [0.5, 0.6) is 0 Å². The first kappa shape index (κ1) is 66.5. The van der Waals surface area contributed by atoms with Gasteiger partial charge >= 0.3 is 0 Å². The Labute approximate surface area is 572 Å². The van der Waals surface area contributed by atoms with E-state index in [4.69, 9.17) is 141 Å². The zero-order chi connectivity index (χ0) is 66.4. The van der Waals surface area contributed by atoms with Crippen molar-refractivity contribution in [2.75, 3.05) is 5.73 Å². The zero-order valence-corrected chi connectivity index (χ0v) is 56.9. The number of aliphatic hydroxyl groups excluding tert-OH is 2. The number of Topliss-reactive ketones (excluding diaryl/α,β-unsaturated/α-hetero) is 1. The second-order valence-electron chi connectivity index (χ2n) is 25.2. The van der Waals surface area contributed by atoms with Gasteiger partial charge < -0.3 is 72.3 Å². The molecule has 0 saturated carbocycles. The van der Waals surface area contributed by atoms with E-state index in [1.165, 1.54) is 25.0 Å². The summed E-state index contributed by atoms with van der Waals surface area (Å²) >= 11 is 49.0. The van der Waals surface area contributed by atoms with E-state index < -0.39 is 102 Å². The minimum Gasteiger partial charge on any atom is -0.386 e. The number of fused-ring (bicyclic) bond motifs is 6. The van der Waals surface area contributed by atoms with Crippen molar-refractivity contribution in [1.82, 2.24) is 43.6 Å². The van der Waals surface area contributed by atoms with Crippen molar-refractivity contribution >= 4 is 138 Å². The molecule has 490 valence electrons. The fourth-order valence-electron chi connectivity index (χ4n) is 13.6. The summed E-state index contributed by atoms with van der Waals surface area (Å²) in [7, 11) is 0. The summed E-state index contributed by atoms with van der Waals surface area (Å²) < 4.78 is 62.1. The van der Waals surface area contributed by atoms with E-state index in [-0.39, 0.29) is 10.8 Å². The van der Waals surface area contributed by atoms with Gasteiger partial charge in [-0.3, -0.25) is 4.79 Å². The Hall–Kier alpha value is -5.13. The van der Waals surface area contributed by atoms with Crippen LogP contribution in [-0.4, -0.2) is 130 Å². The molecule has 14 atom stereocenters. The number of anilines is 1. The molecule has 6 saturated heterocycles. The highest BCUT2D eigenvalue weighted by molar-refractivity contribution is 6.43. The maximum absolute atomic E-state index is 13.5. The molecule has 0 unspecified atom stereocenters. The van der Waals surface area contributed by atoms with Crippen molar-refractivity contribution in [3.8, 4) is 0 Å². The van der Waals surface area contributed by atoms with Gasteiger partial charge in [0.2, 0.25) is 0 Å². The highest BCUT2D eigenvalue weighted by Gasteiger charge is 2.69. The summed E-state index contributed by atoms with van der Waals surface area (Å²) in [5.74, 6) is -2.55. The van der Waals surface area contributed by atoms with E-state index in [2.05, 4.69) is 29.9 Å². The first-order valence-corrected chi connectivity index (χ1v) is 32.2. The minimum atomic E-state index is -1.05. The van der Waals surface area contributed by atoms with Crippen molar-refractivity contribution in [1.29, 1.82) is 0 Å². The van der Waals surface area contributed by atoms with Gasteiger partial charge in [-0.15, -0.1) is 0 Å². The standard InChI is InChI=1S/C21H20Cl3N3O4.C21H18Cl3N3O4.C21H22Cl2N4O4/c3*1-20(2)30-16-19(27-7-6-11-17(24)25-9-26-18(11)27)29-15(21(16,3)31-20)14(28)10-4-5-12(22)13(23)8-10/h4-9,14-16,19,28H,1-3H3;4-9,15-16,19H,1-3H3;4-9,14-16,19,28H,1-3H3,(H2,24,25,26)/t14-,15-,16+,19-,21-;15-,16+,19-,21-;14-,15-,16+,19-,21-/m111/s1. The molecular weight excluding hydrogens is 1370 g/mol. The summed E-state index contributed by atoms with van der Waals surface area (Å²) in [6, 6.07) is 20.1. The van der Waals surface area contributed by atoms with Crippen LogP contribution in [0.3, 0.4) is 0 Å². The van der Waals surface area contributed by atoms with Crippen LogP contribution in [0.15, 0.2) is 110 Å². The van der Waals surface area contributed by atoms with E-state index in [0.29, 0.717) is 91.0 Å². The molecule has 0 spiro atoms. The molecule has 9 aromatic rings. The summed E-state index contributed by atoms with van der Waals surface area (Å²) in [5, 5.41) is 27.5. The fraction of sp³-hybridized carbons (Fsp3) is 0.413. The van der Waals surface area contributed by atoms with Crippen LogP contribution in [0, 0.1) is 0 Å². The van der Waals surface area contributed by atoms with Crippen molar-refractivity contribution < 1.29 is 57.6 Å². The predicted molar refractivity (Wildman–Crippen MR) is 348 cm³/mol. The number of halogens is 8. The predicted octanol–water partition coefficient (Wildman–Crippen LogP) is 13.9. The highest BCUT2D eigenvalue weighted by atomic mass is 35.5. The third-order valence-electron chi connectivity index (χ3n) is 17.5. The second kappa shape index (κ2) is 24.1. The molecule has 6 aliphatic heterocycles. The van der Waals surface area contributed by atoms with Crippen LogP contribution < -0.4 is 5.73 Å². The first-order chi connectivity index (χ1) is 43.8. The van der Waals surface area contributed by atoms with Crippen LogP contribution in [-0.2, 0) is 42.6 Å². The molecule has 6 aromatic heterocycles. The second-order valence-corrected chi connectivity index (χ2v) is 28.3. The minimum absolute atomic E-state index is 0.279. The van der Waals surface area contributed by atoms with Gasteiger partial charge in [-0.1, -0.05) is 105 Å². The Morgan fingerprint density at radius 2 is 0.828 bits per heavy atom. The lowest BCUT2D eigenvalue weighted by Gasteiger charge is -2.32. The van der Waals surface area contributed by atoms with Crippen LogP contribution >= 0.6 is 92.8 Å². The maximum Gasteiger partial charge on any atom is 0.194 e. The van der Waals surface area contributed by atoms with Crippen LogP contribution in [0.2, 0.25) is 40.4 Å². The third-order valence-corrected chi connectivity index (χ3v) is 20.3. The number of aromatic nitrogens is 9. The smallest absolute Gasteiger partial charge is 0.194 e. The summed E-state index contributed by atoms with van der Waals surface area (Å²) in [6.45, 7) is 16.5. The van der Waals surface area contributed by atoms with Crippen molar-refractivity contribution in [2.45, 2.75) is 164 Å². The molecule has 0 aliphatic carbocycles. The summed E-state index contributed by atoms with van der Waals surface area (Å²) in [6.07, 6.45) is 1.57. The Kier molecular flexibility index (Phi) is 17.3. The molecule has 30 heteroatoms. The maximum atomic E-state index is 13.5. The van der Waals surface area contributed by atoms with Crippen LogP contribution in [0.25, 0.3) is 33.1 Å². The summed E-state index contributed by atoms with van der Waals surface area (Å²) in [4.78, 5) is 38.6. The quantitative estimate of drug-likeness (QED) is 0.0896. The van der Waals surface area contributed by atoms with E-state index in [0.717, 1.165) is 0 Å². The SMILES string of the molecule is CC1(C)O[C@H]2[C@H](n3ccc4c(Cl)ncnc43)O[C@H](C(=O)c3ccc(Cl)c(Cl)c3)[C@@]2(C)O1.CC1(C)O[C@H]2[C@H](n3ccc4c(Cl)ncnc43)O[C@H]([C@H](O)c3ccc(Cl)c(Cl)c3)[C@@]2(C)O1.CC1(C)O[C@H]2[C@H](n3ccc4c(N)ncnc43)O[C@H]([C@H](O)c3ccc(Cl)c(Cl)c3)[C@@]2(C)O1. The monoisotopic (exact) mass is 1430 g/mol. The molecule has 6 aliphatic rings. The summed E-state index contributed by atoms with van der Waals surface area (Å²) in [5.41, 5.74) is 6.33. The van der Waals surface area contributed by atoms with E-state index >= 15 is 0 Å². The number of aliphatic hydroxyl groups is 2. The van der Waals surface area contributed by atoms with Crippen LogP contribution in [0.1, 0.15) is 115 Å². The molecule has 12 heterocycles. The van der Waals surface area contributed by atoms with E-state index in [9.17, 15) is 15.0 Å². The van der Waals surface area contributed by atoms with Gasteiger partial charge in [-0.25, -0.2) is 29.9 Å². The van der Waals surface area contributed by atoms with Crippen molar-refractivity contribution in [3.05, 3.63) is 168 Å². The van der Waals surface area contributed by atoms with Gasteiger partial charge in [0.15, 0.2) is 47.9 Å². The number of nitrogens with two attached hydrogens (primary N) is 1. The van der Waals surface area contributed by atoms with Gasteiger partial charge in [-0.2, -0.15) is 0 Å². The molecule has 0 amide bonds. The molecule has 0 radical (unpaired) electrons. The van der Waals surface area contributed by atoms with Crippen LogP contribution in [0.4, 0.5) is 5.82 Å². The number of hydrogen-bond acceptors (Lipinski definition) is 19. The number of ketones is 1. The Balaban J connectivity index is 0.000000127. The Morgan fingerprint density at radius 1 is 0.462 bits per heavy atom. The van der Waals surface area contributed by atoms with E-state index in [1.807, 2.05) is 82.1 Å². The van der Waals surface area contributed by atoms with Crippen molar-refractivity contribution in [3.63, 3.8) is 0 Å². The number of rotatable bonds is 9. The molecule has 3 aromatic carbocycles. The van der Waals surface area contributed by atoms with Gasteiger partial charge in [-0.05, 0) is 134 Å². The van der Waals surface area contributed by atoms with E-state index in [1.54, 1.807) is 79.2 Å². The number of nitrogen functional groups attached to an aromatic ring is 1. The van der Waals surface area contributed by atoms with Gasteiger partial charge in [0, 0.05) is 24.2 Å². The van der Waals surface area contributed by atoms with Gasteiger partial charge in [0.1, 0.15) is 112 Å². The van der Waals surface area contributed by atoms with Gasteiger partial charge in [0.05, 0.1) is 46.3 Å². The number of carbonyl (C=O) groups is 1. The molecule has 6 fully saturated rings. The number of ether oxygens (including phenoxy) is 9. The normalized spacial score (nSPS) is 30.2. The topological polar surface area (TPSA) is 259 Å². The molecule has 22 nitrogen and oxygen atoms in total. The molecule has 93 heavy (non-hydrogen) atoms. The highest BCUT2D eigenvalue weighted by Crippen LogP contribution is 2.57. The Morgan fingerprint density at radius 3 is 1.26 bits per heavy atom. The number of benzene rings is 3. The largest absolute Gasteiger partial charge is 0.386 e. The first-order valence-electron chi connectivity index (χ1n) is 29.2. The average molecular weight is 1430 g/mol. The molecule has 0 bridgehead atoms. The van der Waals surface area contributed by atoms with Crippen molar-refractivity contribution in [2.24, 2.45) is 0 Å².